The van der Waals surface area contributed by atoms with Crippen LogP contribution in [0, 0.1) is 0 Å². The molecule has 164 valence electrons. The quantitative estimate of drug-likeness (QED) is 0.505. The highest BCUT2D eigenvalue weighted by Gasteiger charge is 2.31. The van der Waals surface area contributed by atoms with E-state index in [1.165, 1.54) is 22.9 Å². The molecule has 0 aliphatic heterocycles. The van der Waals surface area contributed by atoms with E-state index in [2.05, 4.69) is 15.0 Å². The van der Waals surface area contributed by atoms with Crippen LogP contribution in [0.4, 0.5) is 18.9 Å². The van der Waals surface area contributed by atoms with Gasteiger partial charge in [0.1, 0.15) is 11.3 Å². The average molecular weight is 444 g/mol. The van der Waals surface area contributed by atoms with Crippen molar-refractivity contribution in [3.8, 4) is 11.4 Å². The molecular weight excluding hydrogens is 429 g/mol. The molecular formula is C21H15F3N4O4. The van der Waals surface area contributed by atoms with Gasteiger partial charge < -0.3 is 19.6 Å². The molecule has 32 heavy (non-hydrogen) atoms. The number of nitrogens with zero attached hydrogens (tertiary/aromatic N) is 2. The number of carbonyl (C=O) groups excluding carboxylic acids is 1. The molecule has 1 amide bonds. The average Bonchev–Trinajstić information content (AvgIpc) is 3.05. The van der Waals surface area contributed by atoms with E-state index >= 15 is 0 Å². The van der Waals surface area contributed by atoms with Crippen LogP contribution in [0.5, 0.6) is 5.75 Å². The number of hydrogen-bond donors (Lipinski definition) is 2. The Labute approximate surface area is 177 Å². The number of alkyl halides is 3. The maximum Gasteiger partial charge on any atom is 0.573 e. The monoisotopic (exact) mass is 444 g/mol. The molecule has 11 heteroatoms. The van der Waals surface area contributed by atoms with Crippen molar-refractivity contribution >= 4 is 22.6 Å². The van der Waals surface area contributed by atoms with E-state index in [1.54, 1.807) is 37.4 Å². The molecule has 0 saturated carbocycles. The summed E-state index contributed by atoms with van der Waals surface area (Å²) in [5.74, 6) is -1.10. The first-order chi connectivity index (χ1) is 15.1. The van der Waals surface area contributed by atoms with E-state index in [4.69, 9.17) is 0 Å². The highest BCUT2D eigenvalue weighted by molar-refractivity contribution is 6.11. The number of nitrogens with one attached hydrogen (secondary N) is 2. The summed E-state index contributed by atoms with van der Waals surface area (Å²) in [5, 5.41) is 2.52. The fraction of sp³-hybridized carbons (Fsp3) is 0.0952. The molecule has 0 radical (unpaired) electrons. The minimum absolute atomic E-state index is 0.0209. The van der Waals surface area contributed by atoms with Gasteiger partial charge in [-0.25, -0.2) is 9.36 Å². The standard InChI is InChI=1S/C21H15F3N4O4/c1-27-11-15(18(29)25-12-7-9-14(10-8-12)32-21(22,23)24)16-17(27)19(30)28(20(31)26-16)13-5-3-2-4-6-13/h2-11H,1H3,(H,25,29)(H,26,31). The summed E-state index contributed by atoms with van der Waals surface area (Å²) in [7, 11) is 1.55. The van der Waals surface area contributed by atoms with Crippen LogP contribution < -0.4 is 21.3 Å². The van der Waals surface area contributed by atoms with Crippen LogP contribution in [-0.2, 0) is 7.05 Å². The van der Waals surface area contributed by atoms with Gasteiger partial charge in [-0.1, -0.05) is 18.2 Å². The van der Waals surface area contributed by atoms with Crippen LogP contribution in [-0.4, -0.2) is 26.4 Å². The largest absolute Gasteiger partial charge is 0.573 e. The van der Waals surface area contributed by atoms with Gasteiger partial charge in [0.25, 0.3) is 11.5 Å². The summed E-state index contributed by atoms with van der Waals surface area (Å²) in [6, 6.07) is 12.9. The lowest BCUT2D eigenvalue weighted by molar-refractivity contribution is -0.274. The zero-order valence-corrected chi connectivity index (χ0v) is 16.4. The van der Waals surface area contributed by atoms with Gasteiger partial charge in [-0.15, -0.1) is 13.2 Å². The van der Waals surface area contributed by atoms with Gasteiger partial charge in [0.2, 0.25) is 0 Å². The van der Waals surface area contributed by atoms with Crippen LogP contribution in [0.1, 0.15) is 10.4 Å². The van der Waals surface area contributed by atoms with Crippen LogP contribution in [0.2, 0.25) is 0 Å². The van der Waals surface area contributed by atoms with Gasteiger partial charge in [-0.2, -0.15) is 0 Å². The van der Waals surface area contributed by atoms with Crippen molar-refractivity contribution in [2.45, 2.75) is 6.36 Å². The number of para-hydroxylation sites is 1. The second kappa shape index (κ2) is 7.76. The van der Waals surface area contributed by atoms with E-state index in [1.807, 2.05) is 0 Å². The predicted octanol–water partition coefficient (Wildman–Crippen LogP) is 3.17. The number of aromatic amines is 1. The highest BCUT2D eigenvalue weighted by atomic mass is 19.4. The van der Waals surface area contributed by atoms with Gasteiger partial charge in [-0.3, -0.25) is 9.59 Å². The van der Waals surface area contributed by atoms with Crippen LogP contribution >= 0.6 is 0 Å². The summed E-state index contributed by atoms with van der Waals surface area (Å²) in [6.45, 7) is 0. The Kier molecular flexibility index (Phi) is 5.09. The van der Waals surface area contributed by atoms with E-state index < -0.39 is 29.3 Å². The maximum absolute atomic E-state index is 13.0. The van der Waals surface area contributed by atoms with Gasteiger partial charge in [0.05, 0.1) is 16.8 Å². The van der Waals surface area contributed by atoms with Crippen molar-refractivity contribution in [1.82, 2.24) is 14.1 Å². The number of carbonyl (C=O) groups is 1. The Balaban J connectivity index is 1.69. The Hall–Kier alpha value is -4.28. The number of anilines is 1. The molecule has 0 bridgehead atoms. The summed E-state index contributed by atoms with van der Waals surface area (Å²) in [4.78, 5) is 40.9. The number of aromatic nitrogens is 3. The van der Waals surface area contributed by atoms with Crippen molar-refractivity contribution in [3.63, 3.8) is 0 Å². The van der Waals surface area contributed by atoms with Crippen molar-refractivity contribution in [3.05, 3.63) is 87.2 Å². The third-order valence-electron chi connectivity index (χ3n) is 4.63. The first-order valence-corrected chi connectivity index (χ1v) is 9.21. The summed E-state index contributed by atoms with van der Waals surface area (Å²) in [6.07, 6.45) is -3.44. The van der Waals surface area contributed by atoms with E-state index in [-0.39, 0.29) is 22.3 Å². The van der Waals surface area contributed by atoms with Crippen molar-refractivity contribution in [2.24, 2.45) is 7.05 Å². The number of halogens is 3. The van der Waals surface area contributed by atoms with Gasteiger partial charge >= 0.3 is 12.1 Å². The number of ether oxygens (including phenoxy) is 1. The molecule has 0 spiro atoms. The van der Waals surface area contributed by atoms with Crippen molar-refractivity contribution in [1.29, 1.82) is 0 Å². The molecule has 0 atom stereocenters. The highest BCUT2D eigenvalue weighted by Crippen LogP contribution is 2.24. The molecule has 4 rings (SSSR count). The fourth-order valence-electron chi connectivity index (χ4n) is 3.29. The van der Waals surface area contributed by atoms with E-state index in [9.17, 15) is 27.6 Å². The van der Waals surface area contributed by atoms with Crippen LogP contribution in [0.25, 0.3) is 16.7 Å². The third kappa shape index (κ3) is 4.00. The third-order valence-corrected chi connectivity index (χ3v) is 4.63. The van der Waals surface area contributed by atoms with E-state index in [0.717, 1.165) is 16.7 Å². The Bertz CT molecular complexity index is 1420. The maximum atomic E-state index is 13.0. The number of rotatable bonds is 4. The van der Waals surface area contributed by atoms with Crippen LogP contribution in [0.3, 0.4) is 0 Å². The number of benzene rings is 2. The summed E-state index contributed by atoms with van der Waals surface area (Å²) >= 11 is 0. The van der Waals surface area contributed by atoms with Gasteiger partial charge in [-0.05, 0) is 36.4 Å². The Morgan fingerprint density at radius 1 is 1.03 bits per heavy atom. The Morgan fingerprint density at radius 3 is 2.31 bits per heavy atom. The fourth-order valence-corrected chi connectivity index (χ4v) is 3.29. The SMILES string of the molecule is Cn1cc(C(=O)Nc2ccc(OC(F)(F)F)cc2)c2[nH]c(=O)n(-c3ccccc3)c(=O)c21. The zero-order chi connectivity index (χ0) is 23.0. The predicted molar refractivity (Wildman–Crippen MR) is 110 cm³/mol. The molecule has 2 N–H and O–H groups in total. The normalized spacial score (nSPS) is 11.5. The topological polar surface area (TPSA) is 98.1 Å². The van der Waals surface area contributed by atoms with Gasteiger partial charge in [0, 0.05) is 18.9 Å². The molecule has 0 fully saturated rings. The number of hydrogen-bond acceptors (Lipinski definition) is 4. The minimum atomic E-state index is -4.83. The van der Waals surface area contributed by atoms with Gasteiger partial charge in [0.15, 0.2) is 0 Å². The molecule has 2 heterocycles. The minimum Gasteiger partial charge on any atom is -0.406 e. The number of fused-ring (bicyclic) bond motifs is 1. The molecule has 8 nitrogen and oxygen atoms in total. The number of H-pyrrole nitrogens is 1. The lowest BCUT2D eigenvalue weighted by atomic mass is 10.2. The lowest BCUT2D eigenvalue weighted by Gasteiger charge is -2.10. The molecule has 0 aliphatic carbocycles. The molecule has 0 unspecified atom stereocenters. The first kappa shape index (κ1) is 21.0. The smallest absolute Gasteiger partial charge is 0.406 e. The summed E-state index contributed by atoms with van der Waals surface area (Å²) < 4.78 is 43.0. The van der Waals surface area contributed by atoms with Crippen molar-refractivity contribution < 1.29 is 22.7 Å². The molecule has 4 aromatic rings. The lowest BCUT2D eigenvalue weighted by Crippen LogP contribution is -2.34. The van der Waals surface area contributed by atoms with E-state index in [0.29, 0.717) is 5.69 Å². The summed E-state index contributed by atoms with van der Waals surface area (Å²) in [5.41, 5.74) is -0.590. The van der Waals surface area contributed by atoms with Crippen LogP contribution in [0.15, 0.2) is 70.4 Å². The second-order valence-corrected chi connectivity index (χ2v) is 6.81. The Morgan fingerprint density at radius 2 is 1.69 bits per heavy atom. The number of aryl methyl sites for hydroxylation is 1. The van der Waals surface area contributed by atoms with Crippen molar-refractivity contribution in [2.75, 3.05) is 5.32 Å². The number of amides is 1. The molecule has 0 saturated heterocycles. The second-order valence-electron chi connectivity index (χ2n) is 6.81. The molecule has 2 aromatic heterocycles. The first-order valence-electron chi connectivity index (χ1n) is 9.21. The molecule has 2 aromatic carbocycles. The molecule has 0 aliphatic rings. The zero-order valence-electron chi connectivity index (χ0n) is 16.4.